The van der Waals surface area contributed by atoms with Gasteiger partial charge in [-0.15, -0.1) is 0 Å². The normalized spacial score (nSPS) is 20.3. The second-order valence-corrected chi connectivity index (χ2v) is 11.5. The molecule has 0 aromatic carbocycles. The Labute approximate surface area is 218 Å². The maximum absolute atomic E-state index is 13.1. The van der Waals surface area contributed by atoms with Crippen LogP contribution in [-0.4, -0.2) is 37.3 Å². The zero-order valence-corrected chi connectivity index (χ0v) is 22.2. The largest absolute Gasteiger partial charge is 0.444 e. The van der Waals surface area contributed by atoms with Gasteiger partial charge in [-0.25, -0.2) is 9.97 Å². The number of aromatic nitrogens is 4. The first-order valence-corrected chi connectivity index (χ1v) is 13.5. The predicted octanol–water partition coefficient (Wildman–Crippen LogP) is 5.62. The van der Waals surface area contributed by atoms with E-state index in [0.717, 1.165) is 55.4 Å². The Balaban J connectivity index is 1.29. The molecule has 3 aromatic rings. The lowest BCUT2D eigenvalue weighted by Crippen LogP contribution is -2.23. The van der Waals surface area contributed by atoms with E-state index in [1.807, 2.05) is 16.9 Å². The van der Waals surface area contributed by atoms with E-state index in [9.17, 15) is 9.90 Å². The molecule has 2 fully saturated rings. The van der Waals surface area contributed by atoms with E-state index in [2.05, 4.69) is 34.4 Å². The number of aliphatic hydroxyl groups is 1. The highest BCUT2D eigenvalue weighted by Crippen LogP contribution is 2.37. The maximum Gasteiger partial charge on any atom is 0.277 e. The van der Waals surface area contributed by atoms with E-state index in [4.69, 9.17) is 9.52 Å². The van der Waals surface area contributed by atoms with E-state index < -0.39 is 11.5 Å². The Kier molecular flexibility index (Phi) is 7.07. The van der Waals surface area contributed by atoms with Gasteiger partial charge in [0.15, 0.2) is 5.69 Å². The molecule has 9 nitrogen and oxygen atoms in total. The molecule has 0 radical (unpaired) electrons. The van der Waals surface area contributed by atoms with Crippen LogP contribution in [0.15, 0.2) is 35.2 Å². The van der Waals surface area contributed by atoms with Gasteiger partial charge in [0.25, 0.3) is 5.91 Å². The Bertz CT molecular complexity index is 1230. The zero-order chi connectivity index (χ0) is 26.2. The number of hydrogen-bond acceptors (Lipinski definition) is 7. The number of amides is 1. The van der Waals surface area contributed by atoms with Crippen LogP contribution in [0, 0.1) is 17.8 Å². The summed E-state index contributed by atoms with van der Waals surface area (Å²) in [7, 11) is 0. The minimum atomic E-state index is -1.21. The van der Waals surface area contributed by atoms with Gasteiger partial charge >= 0.3 is 0 Å². The quantitative estimate of drug-likeness (QED) is 0.345. The number of carbonyl (C=O) groups excluding carboxylic acids is 1. The fourth-order valence-electron chi connectivity index (χ4n) is 5.08. The molecular formula is C28H38N6O3. The third kappa shape index (κ3) is 6.04. The highest BCUT2D eigenvalue weighted by atomic mass is 16.3. The molecule has 2 saturated carbocycles. The van der Waals surface area contributed by atoms with Crippen LogP contribution in [0.1, 0.15) is 88.4 Å². The van der Waals surface area contributed by atoms with Gasteiger partial charge in [0.05, 0.1) is 11.7 Å². The minimum absolute atomic E-state index is 0.159. The molecule has 0 saturated heterocycles. The summed E-state index contributed by atoms with van der Waals surface area (Å²) in [5, 5.41) is 21.7. The standard InChI is InChI=1S/C28H38N6O3/c1-17(2)19-7-9-21(10-8-19)34-15-22(25(33-34)28(3,4)36)31-26(35)23-16-37-27(32-23)20-11-12-29-24(13-20)30-14-18-5-6-18/h11-13,15-19,21,36H,5-10,14H2,1-4H3,(H,29,30)(H,31,35)/t19-,21-. The third-order valence-corrected chi connectivity index (χ3v) is 7.63. The summed E-state index contributed by atoms with van der Waals surface area (Å²) < 4.78 is 7.55. The third-order valence-electron chi connectivity index (χ3n) is 7.63. The molecule has 0 bridgehead atoms. The van der Waals surface area contributed by atoms with Crippen LogP contribution in [0.5, 0.6) is 0 Å². The molecule has 37 heavy (non-hydrogen) atoms. The van der Waals surface area contributed by atoms with Crippen molar-refractivity contribution >= 4 is 17.4 Å². The summed E-state index contributed by atoms with van der Waals surface area (Å²) in [6.07, 6.45) is 11.8. The molecular weight excluding hydrogens is 468 g/mol. The van der Waals surface area contributed by atoms with Gasteiger partial charge in [0, 0.05) is 24.5 Å². The molecule has 2 aliphatic carbocycles. The lowest BCUT2D eigenvalue weighted by Gasteiger charge is -2.31. The van der Waals surface area contributed by atoms with Crippen LogP contribution in [0.4, 0.5) is 11.5 Å². The average molecular weight is 507 g/mol. The Morgan fingerprint density at radius 2 is 1.97 bits per heavy atom. The second kappa shape index (κ2) is 10.3. The number of nitrogens with one attached hydrogen (secondary N) is 2. The fraction of sp³-hybridized carbons (Fsp3) is 0.571. The summed E-state index contributed by atoms with van der Waals surface area (Å²) in [5.74, 6) is 2.86. The van der Waals surface area contributed by atoms with E-state index in [1.165, 1.54) is 19.1 Å². The first-order valence-electron chi connectivity index (χ1n) is 13.5. The summed E-state index contributed by atoms with van der Waals surface area (Å²) in [4.78, 5) is 21.9. The SMILES string of the molecule is CC(C)[C@H]1CC[C@H](n2cc(NC(=O)c3coc(-c4ccnc(NCC5CC5)c4)n3)c(C(C)(C)O)n2)CC1. The average Bonchev–Trinajstić information content (AvgIpc) is 3.38. The molecule has 3 heterocycles. The number of hydrogen-bond donors (Lipinski definition) is 3. The summed E-state index contributed by atoms with van der Waals surface area (Å²) in [6, 6.07) is 3.94. The van der Waals surface area contributed by atoms with E-state index >= 15 is 0 Å². The van der Waals surface area contributed by atoms with Crippen LogP contribution in [-0.2, 0) is 5.60 Å². The van der Waals surface area contributed by atoms with Crippen molar-refractivity contribution in [1.82, 2.24) is 19.7 Å². The molecule has 5 rings (SSSR count). The predicted molar refractivity (Wildman–Crippen MR) is 142 cm³/mol. The highest BCUT2D eigenvalue weighted by Gasteiger charge is 2.30. The fourth-order valence-corrected chi connectivity index (χ4v) is 5.08. The van der Waals surface area contributed by atoms with Gasteiger partial charge in [0.1, 0.15) is 23.4 Å². The smallest absolute Gasteiger partial charge is 0.277 e. The highest BCUT2D eigenvalue weighted by molar-refractivity contribution is 6.03. The van der Waals surface area contributed by atoms with Crippen LogP contribution < -0.4 is 10.6 Å². The summed E-state index contributed by atoms with van der Waals surface area (Å²) in [6.45, 7) is 8.84. The van der Waals surface area contributed by atoms with Crippen molar-refractivity contribution in [2.75, 3.05) is 17.2 Å². The molecule has 0 spiro atoms. The van der Waals surface area contributed by atoms with Crippen LogP contribution in [0.25, 0.3) is 11.5 Å². The number of rotatable bonds is 9. The Hall–Kier alpha value is -3.20. The molecule has 1 amide bonds. The Morgan fingerprint density at radius 3 is 2.65 bits per heavy atom. The molecule has 2 aliphatic rings. The maximum atomic E-state index is 13.1. The van der Waals surface area contributed by atoms with Crippen molar-refractivity contribution in [3.63, 3.8) is 0 Å². The van der Waals surface area contributed by atoms with Gasteiger partial charge in [-0.1, -0.05) is 13.8 Å². The molecule has 0 aliphatic heterocycles. The molecule has 198 valence electrons. The van der Waals surface area contributed by atoms with Gasteiger partial charge in [-0.05, 0) is 82.3 Å². The van der Waals surface area contributed by atoms with Crippen LogP contribution in [0.2, 0.25) is 0 Å². The number of nitrogens with zero attached hydrogens (tertiary/aromatic N) is 4. The van der Waals surface area contributed by atoms with E-state index in [0.29, 0.717) is 23.2 Å². The first-order chi connectivity index (χ1) is 17.7. The van der Waals surface area contributed by atoms with E-state index in [-0.39, 0.29) is 11.7 Å². The number of carbonyl (C=O) groups is 1. The summed E-state index contributed by atoms with van der Waals surface area (Å²) in [5.41, 5.74) is 0.624. The number of anilines is 2. The van der Waals surface area contributed by atoms with Crippen molar-refractivity contribution in [1.29, 1.82) is 0 Å². The van der Waals surface area contributed by atoms with Crippen molar-refractivity contribution in [3.05, 3.63) is 42.2 Å². The van der Waals surface area contributed by atoms with Gasteiger partial charge in [0.2, 0.25) is 5.89 Å². The Morgan fingerprint density at radius 1 is 1.22 bits per heavy atom. The van der Waals surface area contributed by atoms with Crippen molar-refractivity contribution in [2.24, 2.45) is 17.8 Å². The molecule has 9 heteroatoms. The van der Waals surface area contributed by atoms with Crippen molar-refractivity contribution in [3.8, 4) is 11.5 Å². The van der Waals surface area contributed by atoms with Gasteiger partial charge < -0.3 is 20.2 Å². The molecule has 0 atom stereocenters. The minimum Gasteiger partial charge on any atom is -0.444 e. The summed E-state index contributed by atoms with van der Waals surface area (Å²) >= 11 is 0. The van der Waals surface area contributed by atoms with E-state index in [1.54, 1.807) is 26.1 Å². The first kappa shape index (κ1) is 25.4. The second-order valence-electron chi connectivity index (χ2n) is 11.5. The topological polar surface area (TPSA) is 118 Å². The van der Waals surface area contributed by atoms with Crippen molar-refractivity contribution < 1.29 is 14.3 Å². The monoisotopic (exact) mass is 506 g/mol. The van der Waals surface area contributed by atoms with Gasteiger partial charge in [-0.2, -0.15) is 5.10 Å². The number of pyridine rings is 1. The van der Waals surface area contributed by atoms with Gasteiger partial charge in [-0.3, -0.25) is 9.48 Å². The number of oxazole rings is 1. The molecule has 3 aromatic heterocycles. The van der Waals surface area contributed by atoms with Crippen molar-refractivity contribution in [2.45, 2.75) is 77.9 Å². The van der Waals surface area contributed by atoms with Crippen LogP contribution >= 0.6 is 0 Å². The zero-order valence-electron chi connectivity index (χ0n) is 22.2. The lowest BCUT2D eigenvalue weighted by molar-refractivity contribution is 0.0729. The lowest BCUT2D eigenvalue weighted by atomic mass is 9.80. The molecule has 3 N–H and O–H groups in total. The molecule has 0 unspecified atom stereocenters. The van der Waals surface area contributed by atoms with Crippen LogP contribution in [0.3, 0.4) is 0 Å².